The Morgan fingerprint density at radius 3 is 2.72 bits per heavy atom. The Balaban J connectivity index is 1.58. The number of aromatic nitrogens is 2. The number of nitrogens with zero attached hydrogens (tertiary/aromatic N) is 2. The summed E-state index contributed by atoms with van der Waals surface area (Å²) in [6.45, 7) is 1.78. The summed E-state index contributed by atoms with van der Waals surface area (Å²) in [5.74, 6) is -0.575. The second-order valence-corrected chi connectivity index (χ2v) is 7.19. The monoisotopic (exact) mass is 390 g/mol. The van der Waals surface area contributed by atoms with E-state index in [1.807, 2.05) is 30.3 Å². The average Bonchev–Trinajstić information content (AvgIpc) is 3.23. The molecule has 1 aliphatic rings. The van der Waals surface area contributed by atoms with Gasteiger partial charge < -0.3 is 21.7 Å². The van der Waals surface area contributed by atoms with Crippen molar-refractivity contribution in [3.8, 4) is 0 Å². The molecule has 0 spiro atoms. The van der Waals surface area contributed by atoms with Crippen LogP contribution in [-0.4, -0.2) is 41.4 Å². The van der Waals surface area contributed by atoms with Crippen LogP contribution in [0.3, 0.4) is 0 Å². The summed E-state index contributed by atoms with van der Waals surface area (Å²) in [5, 5.41) is 10.4. The number of para-hydroxylation sites is 1. The number of fused-ring (bicyclic) bond motifs is 1. The van der Waals surface area contributed by atoms with Gasteiger partial charge in [0.2, 0.25) is 5.91 Å². The van der Waals surface area contributed by atoms with Crippen molar-refractivity contribution in [2.45, 2.75) is 6.42 Å². The molecule has 2 heterocycles. The minimum absolute atomic E-state index is 0.0319. The van der Waals surface area contributed by atoms with E-state index in [4.69, 9.17) is 5.73 Å². The Bertz CT molecular complexity index is 1050. The number of rotatable bonds is 6. The summed E-state index contributed by atoms with van der Waals surface area (Å²) in [7, 11) is 0. The molecule has 29 heavy (non-hydrogen) atoms. The first-order valence-corrected chi connectivity index (χ1v) is 9.43. The van der Waals surface area contributed by atoms with Crippen molar-refractivity contribution in [2.75, 3.05) is 30.3 Å². The zero-order valence-corrected chi connectivity index (χ0v) is 15.8. The van der Waals surface area contributed by atoms with E-state index < -0.39 is 11.3 Å². The Hall–Kier alpha value is -3.52. The number of nitrogens with one attached hydrogen (secondary N) is 3. The number of benzene rings is 2. The van der Waals surface area contributed by atoms with E-state index in [-0.39, 0.29) is 5.91 Å². The maximum atomic E-state index is 13.1. The van der Waals surface area contributed by atoms with Crippen LogP contribution in [0.15, 0.2) is 55.0 Å². The number of nitrogens with two attached hydrogens (primary N) is 1. The van der Waals surface area contributed by atoms with Crippen molar-refractivity contribution in [1.82, 2.24) is 15.3 Å². The lowest BCUT2D eigenvalue weighted by Gasteiger charge is -2.28. The molecule has 148 valence electrons. The van der Waals surface area contributed by atoms with E-state index in [1.165, 1.54) is 6.33 Å². The first kappa shape index (κ1) is 18.8. The maximum absolute atomic E-state index is 13.1. The van der Waals surface area contributed by atoms with Gasteiger partial charge in [0, 0.05) is 36.0 Å². The highest BCUT2D eigenvalue weighted by Crippen LogP contribution is 2.30. The molecule has 1 saturated heterocycles. The molecule has 0 aliphatic carbocycles. The molecule has 1 aromatic heterocycles. The van der Waals surface area contributed by atoms with Gasteiger partial charge in [-0.15, -0.1) is 0 Å². The average molecular weight is 390 g/mol. The largest absolute Gasteiger partial charge is 0.383 e. The summed E-state index contributed by atoms with van der Waals surface area (Å²) in [5.41, 5.74) is 7.22. The molecule has 0 bridgehead atoms. The van der Waals surface area contributed by atoms with E-state index in [0.717, 1.165) is 17.9 Å². The van der Waals surface area contributed by atoms with Crippen LogP contribution >= 0.6 is 0 Å². The summed E-state index contributed by atoms with van der Waals surface area (Å²) < 4.78 is 0. The van der Waals surface area contributed by atoms with E-state index in [2.05, 4.69) is 25.9 Å². The topological polar surface area (TPSA) is 122 Å². The number of hydrogen-bond donors (Lipinski definition) is 4. The summed E-state index contributed by atoms with van der Waals surface area (Å²) >= 11 is 0. The van der Waals surface area contributed by atoms with E-state index in [0.29, 0.717) is 36.0 Å². The third kappa shape index (κ3) is 3.74. The van der Waals surface area contributed by atoms with Gasteiger partial charge in [-0.05, 0) is 37.2 Å². The van der Waals surface area contributed by atoms with E-state index in [9.17, 15) is 9.59 Å². The second-order valence-electron chi connectivity index (χ2n) is 7.19. The smallest absolute Gasteiger partial charge is 0.250 e. The van der Waals surface area contributed by atoms with E-state index >= 15 is 0 Å². The molecule has 5 N–H and O–H groups in total. The van der Waals surface area contributed by atoms with Gasteiger partial charge in [0.25, 0.3) is 5.91 Å². The normalized spacial score (nSPS) is 18.5. The lowest BCUT2D eigenvalue weighted by molar-refractivity contribution is -0.124. The molecule has 0 saturated carbocycles. The number of hydrogen-bond acceptors (Lipinski definition) is 6. The van der Waals surface area contributed by atoms with Crippen LogP contribution in [0.4, 0.5) is 11.4 Å². The Labute approximate surface area is 167 Å². The lowest BCUT2D eigenvalue weighted by atomic mass is 9.85. The van der Waals surface area contributed by atoms with E-state index in [1.54, 1.807) is 18.3 Å². The molecule has 1 aliphatic heterocycles. The Morgan fingerprint density at radius 1 is 1.17 bits per heavy atom. The third-order valence-electron chi connectivity index (χ3n) is 5.31. The van der Waals surface area contributed by atoms with Crippen molar-refractivity contribution in [3.63, 3.8) is 0 Å². The fourth-order valence-electron chi connectivity index (χ4n) is 3.65. The first-order valence-electron chi connectivity index (χ1n) is 9.43. The van der Waals surface area contributed by atoms with Crippen LogP contribution in [0.2, 0.25) is 0 Å². The van der Waals surface area contributed by atoms with Crippen LogP contribution in [0.5, 0.6) is 0 Å². The SMILES string of the molecule is NC(=O)c1ccc(NCC2(C(=O)Nc3ccccc3)CCNC2)c2cncnc12. The van der Waals surface area contributed by atoms with Crippen LogP contribution in [-0.2, 0) is 4.79 Å². The van der Waals surface area contributed by atoms with Crippen molar-refractivity contribution >= 4 is 34.1 Å². The number of anilines is 2. The molecule has 1 atom stereocenters. The quantitative estimate of drug-likeness (QED) is 0.509. The third-order valence-corrected chi connectivity index (χ3v) is 5.31. The predicted molar refractivity (Wildman–Crippen MR) is 112 cm³/mol. The molecule has 2 amide bonds. The molecular formula is C21H22N6O2. The number of primary amides is 1. The maximum Gasteiger partial charge on any atom is 0.250 e. The molecular weight excluding hydrogens is 368 g/mol. The molecule has 1 fully saturated rings. The number of carbonyl (C=O) groups excluding carboxylic acids is 2. The van der Waals surface area contributed by atoms with Gasteiger partial charge in [0.05, 0.1) is 16.5 Å². The minimum Gasteiger partial charge on any atom is -0.383 e. The van der Waals surface area contributed by atoms with Gasteiger partial charge in [0.1, 0.15) is 6.33 Å². The predicted octanol–water partition coefficient (Wildman–Crippen LogP) is 1.76. The van der Waals surface area contributed by atoms with Crippen LogP contribution in [0, 0.1) is 5.41 Å². The van der Waals surface area contributed by atoms with Crippen molar-refractivity contribution in [3.05, 3.63) is 60.6 Å². The van der Waals surface area contributed by atoms with Gasteiger partial charge in [-0.1, -0.05) is 18.2 Å². The summed E-state index contributed by atoms with van der Waals surface area (Å²) in [6, 6.07) is 12.8. The number of carbonyl (C=O) groups is 2. The molecule has 2 aromatic carbocycles. The Morgan fingerprint density at radius 2 is 2.00 bits per heavy atom. The first-order chi connectivity index (χ1) is 14.1. The molecule has 1 unspecified atom stereocenters. The highest BCUT2D eigenvalue weighted by molar-refractivity contribution is 6.07. The second kappa shape index (κ2) is 7.84. The van der Waals surface area contributed by atoms with Crippen molar-refractivity contribution < 1.29 is 9.59 Å². The Kier molecular flexibility index (Phi) is 5.09. The molecule has 8 heteroatoms. The van der Waals surface area contributed by atoms with Crippen LogP contribution in [0.25, 0.3) is 10.9 Å². The summed E-state index contributed by atoms with van der Waals surface area (Å²) in [4.78, 5) is 33.1. The molecule has 4 rings (SSSR count). The summed E-state index contributed by atoms with van der Waals surface area (Å²) in [6.07, 6.45) is 3.74. The van der Waals surface area contributed by atoms with Gasteiger partial charge in [-0.2, -0.15) is 0 Å². The van der Waals surface area contributed by atoms with Gasteiger partial charge in [0.15, 0.2) is 0 Å². The van der Waals surface area contributed by atoms with Crippen LogP contribution in [0.1, 0.15) is 16.8 Å². The van der Waals surface area contributed by atoms with Crippen molar-refractivity contribution in [1.29, 1.82) is 0 Å². The van der Waals surface area contributed by atoms with Gasteiger partial charge in [-0.25, -0.2) is 9.97 Å². The highest BCUT2D eigenvalue weighted by Gasteiger charge is 2.41. The van der Waals surface area contributed by atoms with Crippen LogP contribution < -0.4 is 21.7 Å². The standard InChI is InChI=1S/C21H22N6O2/c22-19(28)15-6-7-17(16-10-24-13-26-18(15)16)25-12-21(8-9-23-11-21)20(29)27-14-4-2-1-3-5-14/h1-7,10,13,23,25H,8-9,11-12H2,(H2,22,28)(H,27,29). The van der Waals surface area contributed by atoms with Gasteiger partial charge in [-0.3, -0.25) is 9.59 Å². The molecule has 8 nitrogen and oxygen atoms in total. The fourth-order valence-corrected chi connectivity index (χ4v) is 3.65. The molecule has 3 aromatic rings. The van der Waals surface area contributed by atoms with Crippen molar-refractivity contribution in [2.24, 2.45) is 11.1 Å². The number of amides is 2. The highest BCUT2D eigenvalue weighted by atomic mass is 16.2. The zero-order chi connectivity index (χ0) is 20.3. The zero-order valence-electron chi connectivity index (χ0n) is 15.8. The minimum atomic E-state index is -0.597. The fraction of sp³-hybridized carbons (Fsp3) is 0.238. The van der Waals surface area contributed by atoms with Gasteiger partial charge >= 0.3 is 0 Å². The molecule has 0 radical (unpaired) electrons. The lowest BCUT2D eigenvalue weighted by Crippen LogP contribution is -2.43.